The van der Waals surface area contributed by atoms with Gasteiger partial charge in [0.1, 0.15) is 5.82 Å². The first-order valence-corrected chi connectivity index (χ1v) is 9.80. The van der Waals surface area contributed by atoms with Gasteiger partial charge in [-0.2, -0.15) is 0 Å². The zero-order valence-electron chi connectivity index (χ0n) is 15.8. The molecule has 1 fully saturated rings. The summed E-state index contributed by atoms with van der Waals surface area (Å²) in [4.78, 5) is 16.9. The number of halogens is 1. The lowest BCUT2D eigenvalue weighted by Crippen LogP contribution is -2.39. The number of hydrogen-bond donors (Lipinski definition) is 1. The Morgan fingerprint density at radius 3 is 2.61 bits per heavy atom. The van der Waals surface area contributed by atoms with Crippen molar-refractivity contribution in [1.82, 2.24) is 4.90 Å². The summed E-state index contributed by atoms with van der Waals surface area (Å²) in [6, 6.07) is 11.5. The lowest BCUT2D eigenvalue weighted by molar-refractivity contribution is 0.0143. The Bertz CT molecular complexity index is 834. The zero-order chi connectivity index (χ0) is 19.5. The van der Waals surface area contributed by atoms with Crippen LogP contribution in [0, 0.1) is 5.82 Å². The smallest absolute Gasteiger partial charge is 0.258 e. The fourth-order valence-corrected chi connectivity index (χ4v) is 3.92. The number of aliphatic hydroxyl groups is 1. The first kappa shape index (κ1) is 19.1. The molecule has 2 aliphatic rings. The molecule has 0 bridgehead atoms. The predicted octanol–water partition coefficient (Wildman–Crippen LogP) is 2.78. The average Bonchev–Trinajstić information content (AvgIpc) is 2.73. The van der Waals surface area contributed by atoms with Gasteiger partial charge in [-0.15, -0.1) is 0 Å². The molecule has 0 aromatic heterocycles. The highest BCUT2D eigenvalue weighted by Gasteiger charge is 2.25. The van der Waals surface area contributed by atoms with Crippen molar-refractivity contribution in [3.63, 3.8) is 0 Å². The SMILES string of the molecule is O=C(c1ccc(F)cc1)N1CCCc2cc([C@H](O)CN3CCOCC3)ccc21. The van der Waals surface area contributed by atoms with Crippen LogP contribution in [0.5, 0.6) is 0 Å². The van der Waals surface area contributed by atoms with E-state index >= 15 is 0 Å². The van der Waals surface area contributed by atoms with Crippen molar-refractivity contribution in [3.8, 4) is 0 Å². The molecule has 148 valence electrons. The fourth-order valence-electron chi connectivity index (χ4n) is 3.92. The lowest BCUT2D eigenvalue weighted by atomic mass is 9.96. The first-order valence-electron chi connectivity index (χ1n) is 9.80. The predicted molar refractivity (Wildman–Crippen MR) is 105 cm³/mol. The molecule has 1 atom stereocenters. The average molecular weight is 384 g/mol. The van der Waals surface area contributed by atoms with Crippen LogP contribution in [0.15, 0.2) is 42.5 Å². The summed E-state index contributed by atoms with van der Waals surface area (Å²) in [6.45, 7) is 4.30. The molecule has 2 heterocycles. The number of benzene rings is 2. The molecule has 28 heavy (non-hydrogen) atoms. The maximum Gasteiger partial charge on any atom is 0.258 e. The standard InChI is InChI=1S/C22H25FN2O3/c23-19-6-3-16(4-7-19)22(27)25-9-1-2-17-14-18(5-8-20(17)25)21(26)15-24-10-12-28-13-11-24/h3-8,14,21,26H,1-2,9-13,15H2/t21-/m1/s1. The molecule has 1 amide bonds. The summed E-state index contributed by atoms with van der Waals surface area (Å²) in [5.41, 5.74) is 3.30. The Balaban J connectivity index is 1.52. The summed E-state index contributed by atoms with van der Waals surface area (Å²) < 4.78 is 18.5. The molecule has 0 saturated carbocycles. The minimum absolute atomic E-state index is 0.123. The Kier molecular flexibility index (Phi) is 5.71. The van der Waals surface area contributed by atoms with E-state index in [1.54, 1.807) is 4.90 Å². The number of anilines is 1. The highest BCUT2D eigenvalue weighted by atomic mass is 19.1. The molecule has 0 unspecified atom stereocenters. The van der Waals surface area contributed by atoms with Crippen molar-refractivity contribution in [2.24, 2.45) is 0 Å². The number of β-amino-alcohol motifs (C(OH)–C–C–N with tert-alkyl or cyclic N) is 1. The molecule has 2 aromatic rings. The van der Waals surface area contributed by atoms with Gasteiger partial charge in [-0.25, -0.2) is 4.39 Å². The van der Waals surface area contributed by atoms with Gasteiger partial charge in [-0.1, -0.05) is 12.1 Å². The van der Waals surface area contributed by atoms with Crippen LogP contribution in [0.1, 0.15) is 34.0 Å². The van der Waals surface area contributed by atoms with E-state index in [0.717, 1.165) is 42.7 Å². The summed E-state index contributed by atoms with van der Waals surface area (Å²) >= 11 is 0. The quantitative estimate of drug-likeness (QED) is 0.881. The number of hydrogen-bond acceptors (Lipinski definition) is 4. The number of rotatable bonds is 4. The summed E-state index contributed by atoms with van der Waals surface area (Å²) in [5, 5.41) is 10.7. The van der Waals surface area contributed by atoms with E-state index in [-0.39, 0.29) is 11.7 Å². The van der Waals surface area contributed by atoms with Gasteiger partial charge in [-0.3, -0.25) is 9.69 Å². The highest BCUT2D eigenvalue weighted by Crippen LogP contribution is 2.31. The number of amides is 1. The van der Waals surface area contributed by atoms with Gasteiger partial charge in [0, 0.05) is 37.4 Å². The minimum atomic E-state index is -0.563. The highest BCUT2D eigenvalue weighted by molar-refractivity contribution is 6.06. The van der Waals surface area contributed by atoms with Crippen LogP contribution in [-0.4, -0.2) is 55.3 Å². The third-order valence-electron chi connectivity index (χ3n) is 5.48. The van der Waals surface area contributed by atoms with E-state index in [0.29, 0.717) is 31.9 Å². The zero-order valence-corrected chi connectivity index (χ0v) is 15.8. The summed E-state index contributed by atoms with van der Waals surface area (Å²) in [5.74, 6) is -0.475. The minimum Gasteiger partial charge on any atom is -0.387 e. The molecule has 1 N–H and O–H groups in total. The summed E-state index contributed by atoms with van der Waals surface area (Å²) in [6.07, 6.45) is 1.18. The molecule has 6 heteroatoms. The van der Waals surface area contributed by atoms with Gasteiger partial charge in [0.25, 0.3) is 5.91 Å². The van der Waals surface area contributed by atoms with Crippen molar-refractivity contribution in [2.75, 3.05) is 44.3 Å². The van der Waals surface area contributed by atoms with Gasteiger partial charge in [0.05, 0.1) is 19.3 Å². The van der Waals surface area contributed by atoms with Crippen LogP contribution in [0.25, 0.3) is 0 Å². The van der Waals surface area contributed by atoms with Gasteiger partial charge >= 0.3 is 0 Å². The molecule has 4 rings (SSSR count). The van der Waals surface area contributed by atoms with Crippen LogP contribution in [0.3, 0.4) is 0 Å². The number of aliphatic hydroxyl groups excluding tert-OH is 1. The maximum atomic E-state index is 13.2. The molecular formula is C22H25FN2O3. The van der Waals surface area contributed by atoms with E-state index in [4.69, 9.17) is 4.74 Å². The fraction of sp³-hybridized carbons (Fsp3) is 0.409. The van der Waals surface area contributed by atoms with Gasteiger partial charge in [0.15, 0.2) is 0 Å². The lowest BCUT2D eigenvalue weighted by Gasteiger charge is -2.31. The first-order chi connectivity index (χ1) is 13.6. The third kappa shape index (κ3) is 4.09. The molecule has 2 aliphatic heterocycles. The molecule has 0 aliphatic carbocycles. The molecular weight excluding hydrogens is 359 g/mol. The van der Waals surface area contributed by atoms with Gasteiger partial charge < -0.3 is 14.7 Å². The van der Waals surface area contributed by atoms with Crippen LogP contribution >= 0.6 is 0 Å². The van der Waals surface area contributed by atoms with E-state index in [1.807, 2.05) is 18.2 Å². The van der Waals surface area contributed by atoms with E-state index < -0.39 is 6.10 Å². The van der Waals surface area contributed by atoms with Crippen LogP contribution in [0.2, 0.25) is 0 Å². The van der Waals surface area contributed by atoms with Crippen molar-refractivity contribution in [1.29, 1.82) is 0 Å². The number of carbonyl (C=O) groups excluding carboxylic acids is 1. The second-order valence-electron chi connectivity index (χ2n) is 7.38. The number of fused-ring (bicyclic) bond motifs is 1. The monoisotopic (exact) mass is 384 g/mol. The van der Waals surface area contributed by atoms with Crippen LogP contribution < -0.4 is 4.90 Å². The Morgan fingerprint density at radius 2 is 1.86 bits per heavy atom. The third-order valence-corrected chi connectivity index (χ3v) is 5.48. The van der Waals surface area contributed by atoms with Gasteiger partial charge in [0.2, 0.25) is 0 Å². The number of ether oxygens (including phenoxy) is 1. The van der Waals surface area contributed by atoms with Crippen molar-refractivity contribution >= 4 is 11.6 Å². The van der Waals surface area contributed by atoms with E-state index in [2.05, 4.69) is 4.90 Å². The largest absolute Gasteiger partial charge is 0.387 e. The normalized spacial score (nSPS) is 18.6. The Morgan fingerprint density at radius 1 is 1.11 bits per heavy atom. The van der Waals surface area contributed by atoms with E-state index in [9.17, 15) is 14.3 Å². The van der Waals surface area contributed by atoms with Crippen LogP contribution in [0.4, 0.5) is 10.1 Å². The number of nitrogens with zero attached hydrogens (tertiary/aromatic N) is 2. The molecule has 0 radical (unpaired) electrons. The summed E-state index contributed by atoms with van der Waals surface area (Å²) in [7, 11) is 0. The second-order valence-corrected chi connectivity index (χ2v) is 7.38. The van der Waals surface area contributed by atoms with Gasteiger partial charge in [-0.05, 0) is 54.3 Å². The molecule has 5 nitrogen and oxygen atoms in total. The Hall–Kier alpha value is -2.28. The molecule has 0 spiro atoms. The second kappa shape index (κ2) is 8.39. The van der Waals surface area contributed by atoms with Crippen LogP contribution in [-0.2, 0) is 11.2 Å². The number of morpholine rings is 1. The molecule has 2 aromatic carbocycles. The molecule has 1 saturated heterocycles. The van der Waals surface area contributed by atoms with Crippen molar-refractivity contribution in [2.45, 2.75) is 18.9 Å². The topological polar surface area (TPSA) is 53.0 Å². The maximum absolute atomic E-state index is 13.2. The Labute approximate surface area is 164 Å². The number of aryl methyl sites for hydroxylation is 1. The van der Waals surface area contributed by atoms with Crippen molar-refractivity contribution < 1.29 is 19.0 Å². The van der Waals surface area contributed by atoms with E-state index in [1.165, 1.54) is 24.3 Å². The number of carbonyl (C=O) groups is 1. The van der Waals surface area contributed by atoms with Crippen molar-refractivity contribution in [3.05, 3.63) is 65.0 Å².